The van der Waals surface area contributed by atoms with E-state index in [-0.39, 0.29) is 6.10 Å². The fraction of sp³-hybridized carbons (Fsp3) is 0.222. The molecule has 2 amide bonds. The van der Waals surface area contributed by atoms with Crippen molar-refractivity contribution < 1.29 is 14.3 Å². The van der Waals surface area contributed by atoms with Gasteiger partial charge in [0.05, 0.1) is 19.4 Å². The summed E-state index contributed by atoms with van der Waals surface area (Å²) in [6.07, 6.45) is 1.53. The molecule has 0 aliphatic carbocycles. The van der Waals surface area contributed by atoms with Crippen LogP contribution in [0.15, 0.2) is 47.6 Å². The molecule has 0 saturated carbocycles. The van der Waals surface area contributed by atoms with Gasteiger partial charge < -0.3 is 14.8 Å². The zero-order chi connectivity index (χ0) is 18.2. The Bertz CT molecular complexity index is 763. The molecule has 0 aliphatic rings. The van der Waals surface area contributed by atoms with Crippen LogP contribution in [0.5, 0.6) is 11.5 Å². The third-order valence-electron chi connectivity index (χ3n) is 3.01. The summed E-state index contributed by atoms with van der Waals surface area (Å²) in [4.78, 5) is 11.8. The second-order valence-electron chi connectivity index (χ2n) is 5.41. The standard InChI is InChI=1S/C18H20ClN3O3/c1-12(2)25-17-9-13(7-8-16(17)24-3)11-20-22-18(23)21-15-6-4-5-14(19)10-15/h4-12H,1-3H3,(H2,21,22,23)/b20-11-. The van der Waals surface area contributed by atoms with E-state index >= 15 is 0 Å². The molecule has 132 valence electrons. The van der Waals surface area contributed by atoms with Crippen molar-refractivity contribution in [2.45, 2.75) is 20.0 Å². The van der Waals surface area contributed by atoms with Crippen LogP contribution in [0.2, 0.25) is 5.02 Å². The van der Waals surface area contributed by atoms with Crippen molar-refractivity contribution in [1.82, 2.24) is 5.43 Å². The third kappa shape index (κ3) is 6.00. The quantitative estimate of drug-likeness (QED) is 0.595. The number of rotatable bonds is 6. The molecule has 6 nitrogen and oxygen atoms in total. The maximum Gasteiger partial charge on any atom is 0.339 e. The van der Waals surface area contributed by atoms with Crippen LogP contribution in [0, 0.1) is 0 Å². The van der Waals surface area contributed by atoms with E-state index in [1.165, 1.54) is 6.21 Å². The molecule has 25 heavy (non-hydrogen) atoms. The van der Waals surface area contributed by atoms with Gasteiger partial charge in [0, 0.05) is 10.7 Å². The average molecular weight is 362 g/mol. The Labute approximate surface area is 151 Å². The number of ether oxygens (including phenoxy) is 2. The summed E-state index contributed by atoms with van der Waals surface area (Å²) in [5.41, 5.74) is 3.74. The minimum Gasteiger partial charge on any atom is -0.493 e. The molecule has 2 rings (SSSR count). The summed E-state index contributed by atoms with van der Waals surface area (Å²) in [6.45, 7) is 3.86. The first kappa shape index (κ1) is 18.6. The topological polar surface area (TPSA) is 72.0 Å². The summed E-state index contributed by atoms with van der Waals surface area (Å²) < 4.78 is 11.0. The number of carbonyl (C=O) groups is 1. The Kier molecular flexibility index (Phi) is 6.65. The molecule has 0 radical (unpaired) electrons. The Morgan fingerprint density at radius 2 is 2.00 bits per heavy atom. The number of urea groups is 1. The highest BCUT2D eigenvalue weighted by Crippen LogP contribution is 2.28. The Hall–Kier alpha value is -2.73. The van der Waals surface area contributed by atoms with Gasteiger partial charge in [-0.2, -0.15) is 5.10 Å². The van der Waals surface area contributed by atoms with Crippen LogP contribution in [0.1, 0.15) is 19.4 Å². The maximum absolute atomic E-state index is 11.8. The van der Waals surface area contributed by atoms with Gasteiger partial charge in [0.2, 0.25) is 0 Å². The first-order valence-electron chi connectivity index (χ1n) is 7.68. The van der Waals surface area contributed by atoms with Gasteiger partial charge in [-0.05, 0) is 55.8 Å². The molecule has 0 aliphatic heterocycles. The van der Waals surface area contributed by atoms with E-state index in [2.05, 4.69) is 15.8 Å². The highest BCUT2D eigenvalue weighted by Gasteiger charge is 2.07. The van der Waals surface area contributed by atoms with Crippen LogP contribution < -0.4 is 20.2 Å². The Balaban J connectivity index is 1.98. The number of nitrogens with zero attached hydrogens (tertiary/aromatic N) is 1. The van der Waals surface area contributed by atoms with Gasteiger partial charge >= 0.3 is 6.03 Å². The zero-order valence-electron chi connectivity index (χ0n) is 14.2. The summed E-state index contributed by atoms with van der Waals surface area (Å²) in [7, 11) is 1.58. The van der Waals surface area contributed by atoms with E-state index in [9.17, 15) is 4.79 Å². The van der Waals surface area contributed by atoms with E-state index in [1.807, 2.05) is 19.9 Å². The van der Waals surface area contributed by atoms with Gasteiger partial charge in [-0.1, -0.05) is 17.7 Å². The minimum atomic E-state index is -0.467. The first-order chi connectivity index (χ1) is 12.0. The van der Waals surface area contributed by atoms with Crippen molar-refractivity contribution in [3.05, 3.63) is 53.1 Å². The van der Waals surface area contributed by atoms with Crippen molar-refractivity contribution in [2.24, 2.45) is 5.10 Å². The van der Waals surface area contributed by atoms with E-state index < -0.39 is 6.03 Å². The van der Waals surface area contributed by atoms with Gasteiger partial charge in [-0.3, -0.25) is 0 Å². The van der Waals surface area contributed by atoms with Crippen molar-refractivity contribution in [3.63, 3.8) is 0 Å². The predicted octanol–water partition coefficient (Wildman–Crippen LogP) is 4.29. The van der Waals surface area contributed by atoms with E-state index in [0.717, 1.165) is 5.56 Å². The molecule has 2 N–H and O–H groups in total. The van der Waals surface area contributed by atoms with Crippen LogP contribution in [-0.4, -0.2) is 25.5 Å². The number of hydrogen-bond donors (Lipinski definition) is 2. The fourth-order valence-electron chi connectivity index (χ4n) is 2.01. The number of halogens is 1. The lowest BCUT2D eigenvalue weighted by Crippen LogP contribution is -2.24. The molecular formula is C18H20ClN3O3. The maximum atomic E-state index is 11.8. The Morgan fingerprint density at radius 3 is 2.68 bits per heavy atom. The van der Waals surface area contributed by atoms with Gasteiger partial charge in [0.25, 0.3) is 0 Å². The molecule has 0 fully saturated rings. The lowest BCUT2D eigenvalue weighted by molar-refractivity contribution is 0.230. The van der Waals surface area contributed by atoms with E-state index in [0.29, 0.717) is 22.2 Å². The number of methoxy groups -OCH3 is 1. The number of hydrogen-bond acceptors (Lipinski definition) is 4. The highest BCUT2D eigenvalue weighted by molar-refractivity contribution is 6.30. The van der Waals surface area contributed by atoms with E-state index in [4.69, 9.17) is 21.1 Å². The monoisotopic (exact) mass is 361 g/mol. The fourth-order valence-corrected chi connectivity index (χ4v) is 2.20. The molecule has 0 saturated heterocycles. The molecule has 0 bridgehead atoms. The summed E-state index contributed by atoms with van der Waals surface area (Å²) in [5.74, 6) is 1.25. The first-order valence-corrected chi connectivity index (χ1v) is 8.06. The molecule has 2 aromatic rings. The van der Waals surface area contributed by atoms with Crippen LogP contribution in [-0.2, 0) is 0 Å². The van der Waals surface area contributed by atoms with Gasteiger partial charge in [0.15, 0.2) is 11.5 Å². The summed E-state index contributed by atoms with van der Waals surface area (Å²) in [5, 5.41) is 7.09. The molecule has 0 heterocycles. The summed E-state index contributed by atoms with van der Waals surface area (Å²) >= 11 is 5.86. The number of hydrazone groups is 1. The largest absolute Gasteiger partial charge is 0.493 e. The van der Waals surface area contributed by atoms with Gasteiger partial charge in [0.1, 0.15) is 0 Å². The van der Waals surface area contributed by atoms with Crippen LogP contribution in [0.25, 0.3) is 0 Å². The van der Waals surface area contributed by atoms with Crippen LogP contribution in [0.4, 0.5) is 10.5 Å². The summed E-state index contributed by atoms with van der Waals surface area (Å²) in [6, 6.07) is 11.8. The molecule has 0 aromatic heterocycles. The number of anilines is 1. The lowest BCUT2D eigenvalue weighted by Gasteiger charge is -2.13. The normalized spacial score (nSPS) is 10.8. The second-order valence-corrected chi connectivity index (χ2v) is 5.85. The molecule has 0 unspecified atom stereocenters. The number of carbonyl (C=O) groups excluding carboxylic acids is 1. The number of nitrogens with one attached hydrogen (secondary N) is 2. The molecule has 2 aromatic carbocycles. The van der Waals surface area contributed by atoms with E-state index in [1.54, 1.807) is 43.5 Å². The highest BCUT2D eigenvalue weighted by atomic mass is 35.5. The van der Waals surface area contributed by atoms with Gasteiger partial charge in [-0.15, -0.1) is 0 Å². The third-order valence-corrected chi connectivity index (χ3v) is 3.25. The minimum absolute atomic E-state index is 0.0164. The van der Waals surface area contributed by atoms with Gasteiger partial charge in [-0.25, -0.2) is 10.2 Å². The molecule has 0 spiro atoms. The number of benzene rings is 2. The zero-order valence-corrected chi connectivity index (χ0v) is 15.0. The second kappa shape index (κ2) is 8.94. The molecule has 7 heteroatoms. The van der Waals surface area contributed by atoms with Crippen molar-refractivity contribution in [2.75, 3.05) is 12.4 Å². The average Bonchev–Trinajstić information content (AvgIpc) is 2.54. The van der Waals surface area contributed by atoms with Crippen LogP contribution >= 0.6 is 11.6 Å². The lowest BCUT2D eigenvalue weighted by atomic mass is 10.2. The van der Waals surface area contributed by atoms with Crippen molar-refractivity contribution >= 4 is 29.5 Å². The predicted molar refractivity (Wildman–Crippen MR) is 100.0 cm³/mol. The Morgan fingerprint density at radius 1 is 1.20 bits per heavy atom. The van der Waals surface area contributed by atoms with Crippen molar-refractivity contribution in [3.8, 4) is 11.5 Å². The number of amides is 2. The SMILES string of the molecule is COc1ccc(/C=N\NC(=O)Nc2cccc(Cl)c2)cc1OC(C)C. The molecular weight excluding hydrogens is 342 g/mol. The van der Waals surface area contributed by atoms with Crippen LogP contribution in [0.3, 0.4) is 0 Å². The van der Waals surface area contributed by atoms with Crippen molar-refractivity contribution in [1.29, 1.82) is 0 Å². The smallest absolute Gasteiger partial charge is 0.339 e. The molecule has 0 atom stereocenters.